The molecule has 1 aromatic rings. The van der Waals surface area contributed by atoms with Crippen LogP contribution in [0, 0.1) is 24.7 Å². The monoisotopic (exact) mass is 384 g/mol. The first-order valence-electron chi connectivity index (χ1n) is 11.0. The van der Waals surface area contributed by atoms with Crippen LogP contribution in [0.4, 0.5) is 0 Å². The van der Waals surface area contributed by atoms with Crippen molar-refractivity contribution < 1.29 is 9.59 Å². The maximum atomic E-state index is 12.6. The van der Waals surface area contributed by atoms with Crippen molar-refractivity contribution >= 4 is 11.8 Å². The van der Waals surface area contributed by atoms with Crippen LogP contribution in [0.1, 0.15) is 67.5 Å². The van der Waals surface area contributed by atoms with Gasteiger partial charge in [-0.3, -0.25) is 9.59 Å². The summed E-state index contributed by atoms with van der Waals surface area (Å²) in [6.45, 7) is 5.32. The number of hydrogen-bond donors (Lipinski definition) is 0. The third-order valence-electron chi connectivity index (χ3n) is 7.08. The summed E-state index contributed by atoms with van der Waals surface area (Å²) in [6, 6.07) is 0. The van der Waals surface area contributed by atoms with E-state index in [-0.39, 0.29) is 5.91 Å². The zero-order valence-corrected chi connectivity index (χ0v) is 17.0. The second-order valence-electron chi connectivity index (χ2n) is 8.79. The Kier molecular flexibility index (Phi) is 5.93. The number of carbonyl (C=O) groups is 2. The van der Waals surface area contributed by atoms with Gasteiger partial charge in [-0.2, -0.15) is 0 Å². The number of aryl methyl sites for hydroxylation is 1. The highest BCUT2D eigenvalue weighted by Crippen LogP contribution is 2.34. The Morgan fingerprint density at radius 1 is 0.821 bits per heavy atom. The Bertz CT molecular complexity index is 683. The van der Waals surface area contributed by atoms with Gasteiger partial charge in [-0.25, -0.2) is 9.97 Å². The van der Waals surface area contributed by atoms with Gasteiger partial charge in [0.15, 0.2) is 0 Å². The van der Waals surface area contributed by atoms with Crippen LogP contribution in [0.15, 0.2) is 12.4 Å². The van der Waals surface area contributed by atoms with Gasteiger partial charge in [-0.05, 0) is 57.3 Å². The average molecular weight is 385 g/mol. The first-order chi connectivity index (χ1) is 13.6. The molecule has 2 aliphatic heterocycles. The predicted octanol–water partition coefficient (Wildman–Crippen LogP) is 3.07. The molecule has 3 aliphatic rings. The number of amides is 2. The highest BCUT2D eigenvalue weighted by Gasteiger charge is 2.34. The lowest BCUT2D eigenvalue weighted by Gasteiger charge is -2.40. The first kappa shape index (κ1) is 19.3. The number of nitrogens with zero attached hydrogens (tertiary/aromatic N) is 4. The van der Waals surface area contributed by atoms with Gasteiger partial charge in [0, 0.05) is 44.5 Å². The van der Waals surface area contributed by atoms with Crippen molar-refractivity contribution in [1.82, 2.24) is 19.8 Å². The summed E-state index contributed by atoms with van der Waals surface area (Å²) < 4.78 is 0. The van der Waals surface area contributed by atoms with E-state index >= 15 is 0 Å². The van der Waals surface area contributed by atoms with Crippen LogP contribution >= 0.6 is 0 Å². The van der Waals surface area contributed by atoms with Gasteiger partial charge in [-0.1, -0.05) is 12.8 Å². The quantitative estimate of drug-likeness (QED) is 0.803. The number of carbonyl (C=O) groups excluding carboxylic acids is 2. The second-order valence-corrected chi connectivity index (χ2v) is 8.79. The number of rotatable bonds is 3. The van der Waals surface area contributed by atoms with Crippen molar-refractivity contribution in [2.24, 2.45) is 17.8 Å². The smallest absolute Gasteiger partial charge is 0.256 e. The van der Waals surface area contributed by atoms with Crippen LogP contribution in [0.2, 0.25) is 0 Å². The lowest BCUT2D eigenvalue weighted by molar-refractivity contribution is -0.137. The molecule has 6 nitrogen and oxygen atoms in total. The Hall–Kier alpha value is -1.98. The highest BCUT2D eigenvalue weighted by molar-refractivity contribution is 5.93. The molecule has 0 atom stereocenters. The zero-order valence-electron chi connectivity index (χ0n) is 17.0. The number of hydrogen-bond acceptors (Lipinski definition) is 4. The summed E-state index contributed by atoms with van der Waals surface area (Å²) in [5, 5.41) is 0. The lowest BCUT2D eigenvalue weighted by Crippen LogP contribution is -2.45. The van der Waals surface area contributed by atoms with Gasteiger partial charge in [0.1, 0.15) is 5.82 Å². The normalized spacial score (nSPS) is 22.6. The zero-order chi connectivity index (χ0) is 19.5. The van der Waals surface area contributed by atoms with Crippen molar-refractivity contribution in [2.45, 2.75) is 58.3 Å². The Morgan fingerprint density at radius 2 is 1.32 bits per heavy atom. The minimum Gasteiger partial charge on any atom is -0.342 e. The van der Waals surface area contributed by atoms with Crippen molar-refractivity contribution in [3.63, 3.8) is 0 Å². The second kappa shape index (κ2) is 8.58. The fourth-order valence-corrected chi connectivity index (χ4v) is 5.28. The molecule has 152 valence electrons. The van der Waals surface area contributed by atoms with Crippen LogP contribution in [-0.2, 0) is 4.79 Å². The molecule has 0 aromatic carbocycles. The molecule has 2 saturated heterocycles. The molecule has 0 spiro atoms. The fraction of sp³-hybridized carbons (Fsp3) is 0.727. The van der Waals surface area contributed by atoms with Crippen LogP contribution < -0.4 is 0 Å². The number of aromatic nitrogens is 2. The van der Waals surface area contributed by atoms with Crippen LogP contribution in [0.25, 0.3) is 0 Å². The van der Waals surface area contributed by atoms with Gasteiger partial charge in [0.25, 0.3) is 5.91 Å². The van der Waals surface area contributed by atoms with E-state index in [1.807, 2.05) is 11.8 Å². The van der Waals surface area contributed by atoms with E-state index < -0.39 is 0 Å². The third-order valence-corrected chi connectivity index (χ3v) is 7.08. The Balaban J connectivity index is 1.24. The highest BCUT2D eigenvalue weighted by atomic mass is 16.2. The van der Waals surface area contributed by atoms with Gasteiger partial charge >= 0.3 is 0 Å². The van der Waals surface area contributed by atoms with Crippen LogP contribution in [0.5, 0.6) is 0 Å². The summed E-state index contributed by atoms with van der Waals surface area (Å²) >= 11 is 0. The summed E-state index contributed by atoms with van der Waals surface area (Å²) in [5.41, 5.74) is 0.586. The SMILES string of the molecule is Cc1ncc(C(=O)N2CCC(C3CCN(C(=O)C4CCCC4)CC3)CC2)cn1. The fourth-order valence-electron chi connectivity index (χ4n) is 5.28. The number of likely N-dealkylation sites (tertiary alicyclic amines) is 2. The minimum atomic E-state index is 0.0513. The van der Waals surface area contributed by atoms with E-state index in [0.29, 0.717) is 35.0 Å². The molecule has 3 heterocycles. The molecule has 28 heavy (non-hydrogen) atoms. The first-order valence-corrected chi connectivity index (χ1v) is 11.0. The Morgan fingerprint density at radius 3 is 1.86 bits per heavy atom. The predicted molar refractivity (Wildman–Crippen MR) is 107 cm³/mol. The van der Waals surface area contributed by atoms with Crippen LogP contribution in [0.3, 0.4) is 0 Å². The van der Waals surface area contributed by atoms with Gasteiger partial charge in [0.2, 0.25) is 5.91 Å². The molecule has 1 saturated carbocycles. The molecule has 4 rings (SSSR count). The van der Waals surface area contributed by atoms with Crippen molar-refractivity contribution in [1.29, 1.82) is 0 Å². The summed E-state index contributed by atoms with van der Waals surface area (Å²) in [4.78, 5) is 37.6. The third kappa shape index (κ3) is 4.20. The largest absolute Gasteiger partial charge is 0.342 e. The molecule has 0 unspecified atom stereocenters. The van der Waals surface area contributed by atoms with E-state index in [4.69, 9.17) is 0 Å². The molecule has 6 heteroatoms. The molecule has 0 N–H and O–H groups in total. The molecule has 1 aromatic heterocycles. The molecular formula is C22H32N4O2. The average Bonchev–Trinajstić information content (AvgIpc) is 3.28. The van der Waals surface area contributed by atoms with Crippen LogP contribution in [-0.4, -0.2) is 57.8 Å². The molecule has 0 radical (unpaired) electrons. The van der Waals surface area contributed by atoms with E-state index in [0.717, 1.165) is 64.7 Å². The van der Waals surface area contributed by atoms with E-state index in [9.17, 15) is 9.59 Å². The Labute approximate surface area is 167 Å². The summed E-state index contributed by atoms with van der Waals surface area (Å²) in [6.07, 6.45) is 12.3. The van der Waals surface area contributed by atoms with Crippen molar-refractivity contribution in [3.8, 4) is 0 Å². The van der Waals surface area contributed by atoms with Crippen molar-refractivity contribution in [3.05, 3.63) is 23.8 Å². The van der Waals surface area contributed by atoms with E-state index in [1.165, 1.54) is 12.8 Å². The van der Waals surface area contributed by atoms with Gasteiger partial charge in [-0.15, -0.1) is 0 Å². The summed E-state index contributed by atoms with van der Waals surface area (Å²) in [7, 11) is 0. The van der Waals surface area contributed by atoms with Gasteiger partial charge < -0.3 is 9.80 Å². The maximum absolute atomic E-state index is 12.6. The number of piperidine rings is 2. The molecule has 2 amide bonds. The molecular weight excluding hydrogens is 352 g/mol. The molecule has 3 fully saturated rings. The lowest BCUT2D eigenvalue weighted by atomic mass is 9.78. The minimum absolute atomic E-state index is 0.0513. The van der Waals surface area contributed by atoms with Gasteiger partial charge in [0.05, 0.1) is 5.56 Å². The standard InChI is InChI=1S/C22H32N4O2/c1-16-23-14-20(15-24-16)22(28)26-12-8-18(9-13-26)17-6-10-25(11-7-17)21(27)19-4-2-3-5-19/h14-15,17-19H,2-13H2,1H3. The molecule has 1 aliphatic carbocycles. The maximum Gasteiger partial charge on any atom is 0.256 e. The van der Waals surface area contributed by atoms with E-state index in [2.05, 4.69) is 14.9 Å². The topological polar surface area (TPSA) is 66.4 Å². The van der Waals surface area contributed by atoms with Crippen molar-refractivity contribution in [2.75, 3.05) is 26.2 Å². The summed E-state index contributed by atoms with van der Waals surface area (Å²) in [5.74, 6) is 2.84. The van der Waals surface area contributed by atoms with E-state index in [1.54, 1.807) is 12.4 Å². The molecule has 0 bridgehead atoms.